The van der Waals surface area contributed by atoms with E-state index in [2.05, 4.69) is 10.6 Å². The van der Waals surface area contributed by atoms with Crippen molar-refractivity contribution < 1.29 is 9.59 Å². The van der Waals surface area contributed by atoms with E-state index in [1.807, 2.05) is 21.7 Å². The van der Waals surface area contributed by atoms with Crippen LogP contribution in [0.1, 0.15) is 23.2 Å². The first-order valence-electron chi connectivity index (χ1n) is 7.06. The standard InChI is InChI=1S/C14H19N3O2S.ClH/c18-13(10-3-6-20-9-10)16-12-1-4-17(5-2-12)14(19)11-7-15-8-11;/h3,6,9,11-12,15H,1-2,4-5,7-8H2,(H,16,18);1H. The third-order valence-electron chi connectivity index (χ3n) is 4.06. The van der Waals surface area contributed by atoms with Crippen molar-refractivity contribution in [3.63, 3.8) is 0 Å². The molecule has 0 spiro atoms. The van der Waals surface area contributed by atoms with Gasteiger partial charge in [0.05, 0.1) is 5.92 Å². The highest BCUT2D eigenvalue weighted by Crippen LogP contribution is 2.16. The van der Waals surface area contributed by atoms with Crippen LogP contribution >= 0.6 is 23.7 Å². The van der Waals surface area contributed by atoms with Crippen molar-refractivity contribution in [1.82, 2.24) is 15.5 Å². The summed E-state index contributed by atoms with van der Waals surface area (Å²) in [7, 11) is 0. The van der Waals surface area contributed by atoms with Gasteiger partial charge in [-0.25, -0.2) is 0 Å². The molecule has 3 heterocycles. The van der Waals surface area contributed by atoms with Crippen LogP contribution in [0.15, 0.2) is 16.8 Å². The lowest BCUT2D eigenvalue weighted by Crippen LogP contribution is -2.55. The normalized spacial score (nSPS) is 19.5. The lowest BCUT2D eigenvalue weighted by atomic mass is 9.98. The zero-order chi connectivity index (χ0) is 13.9. The third kappa shape index (κ3) is 3.75. The van der Waals surface area contributed by atoms with E-state index >= 15 is 0 Å². The molecule has 2 saturated heterocycles. The van der Waals surface area contributed by atoms with Gasteiger partial charge in [0, 0.05) is 43.2 Å². The van der Waals surface area contributed by atoms with Crippen LogP contribution in [0.2, 0.25) is 0 Å². The summed E-state index contributed by atoms with van der Waals surface area (Å²) < 4.78 is 0. The minimum Gasteiger partial charge on any atom is -0.349 e. The number of amides is 2. The van der Waals surface area contributed by atoms with Crippen LogP contribution in [-0.2, 0) is 4.79 Å². The first kappa shape index (κ1) is 16.3. The Morgan fingerprint density at radius 3 is 2.52 bits per heavy atom. The number of halogens is 1. The molecular weight excluding hydrogens is 310 g/mol. The molecule has 0 aliphatic carbocycles. The minimum absolute atomic E-state index is 0. The van der Waals surface area contributed by atoms with Gasteiger partial charge < -0.3 is 15.5 Å². The van der Waals surface area contributed by atoms with Crippen molar-refractivity contribution in [2.75, 3.05) is 26.2 Å². The van der Waals surface area contributed by atoms with Crippen LogP contribution in [0.5, 0.6) is 0 Å². The van der Waals surface area contributed by atoms with Gasteiger partial charge in [0.15, 0.2) is 0 Å². The van der Waals surface area contributed by atoms with Gasteiger partial charge in [0.2, 0.25) is 5.91 Å². The fourth-order valence-corrected chi connectivity index (χ4v) is 3.26. The van der Waals surface area contributed by atoms with Crippen LogP contribution in [0, 0.1) is 5.92 Å². The summed E-state index contributed by atoms with van der Waals surface area (Å²) in [5.74, 6) is 0.442. The van der Waals surface area contributed by atoms with Crippen molar-refractivity contribution in [3.8, 4) is 0 Å². The van der Waals surface area contributed by atoms with E-state index in [0.717, 1.165) is 44.6 Å². The van der Waals surface area contributed by atoms with E-state index in [-0.39, 0.29) is 36.2 Å². The molecule has 1 aromatic heterocycles. The lowest BCUT2D eigenvalue weighted by molar-refractivity contribution is -0.138. The van der Waals surface area contributed by atoms with Crippen molar-refractivity contribution in [2.45, 2.75) is 18.9 Å². The number of nitrogens with one attached hydrogen (secondary N) is 2. The summed E-state index contributed by atoms with van der Waals surface area (Å²) >= 11 is 1.53. The molecule has 2 amide bonds. The molecule has 0 aromatic carbocycles. The third-order valence-corrected chi connectivity index (χ3v) is 4.74. The van der Waals surface area contributed by atoms with E-state index in [4.69, 9.17) is 0 Å². The molecule has 0 radical (unpaired) electrons. The van der Waals surface area contributed by atoms with Crippen LogP contribution < -0.4 is 10.6 Å². The van der Waals surface area contributed by atoms with Gasteiger partial charge in [-0.2, -0.15) is 11.3 Å². The van der Waals surface area contributed by atoms with Crippen LogP contribution in [0.4, 0.5) is 0 Å². The summed E-state index contributed by atoms with van der Waals surface area (Å²) in [6, 6.07) is 2.02. The molecule has 3 rings (SSSR count). The van der Waals surface area contributed by atoms with Gasteiger partial charge in [-0.1, -0.05) is 0 Å². The SMILES string of the molecule is Cl.O=C(NC1CCN(C(=O)C2CNC2)CC1)c1ccsc1. The molecule has 0 saturated carbocycles. The molecule has 0 unspecified atom stereocenters. The maximum Gasteiger partial charge on any atom is 0.252 e. The molecule has 1 aromatic rings. The van der Waals surface area contributed by atoms with Crippen molar-refractivity contribution >= 4 is 35.6 Å². The first-order valence-corrected chi connectivity index (χ1v) is 8.01. The van der Waals surface area contributed by atoms with Gasteiger partial charge in [-0.3, -0.25) is 9.59 Å². The Labute approximate surface area is 134 Å². The molecule has 2 aliphatic rings. The number of rotatable bonds is 3. The molecule has 2 N–H and O–H groups in total. The Kier molecular flexibility index (Phi) is 5.61. The molecule has 7 heteroatoms. The van der Waals surface area contributed by atoms with Crippen molar-refractivity contribution in [1.29, 1.82) is 0 Å². The number of hydrogen-bond donors (Lipinski definition) is 2. The number of carbonyl (C=O) groups excluding carboxylic acids is 2. The molecular formula is C14H20ClN3O2S. The summed E-state index contributed by atoms with van der Waals surface area (Å²) in [4.78, 5) is 26.0. The quantitative estimate of drug-likeness (QED) is 0.873. The van der Waals surface area contributed by atoms with Crippen molar-refractivity contribution in [2.24, 2.45) is 5.92 Å². The van der Waals surface area contributed by atoms with Gasteiger partial charge in [-0.05, 0) is 24.3 Å². The number of piperidine rings is 1. The second-order valence-corrected chi connectivity index (χ2v) is 6.22. The summed E-state index contributed by atoms with van der Waals surface area (Å²) in [5, 5.41) is 9.95. The van der Waals surface area contributed by atoms with Crippen LogP contribution in [0.3, 0.4) is 0 Å². The second kappa shape index (κ2) is 7.24. The molecule has 116 valence electrons. The highest BCUT2D eigenvalue weighted by atomic mass is 35.5. The summed E-state index contributed by atoms with van der Waals surface area (Å²) in [6.45, 7) is 3.13. The van der Waals surface area contributed by atoms with Crippen molar-refractivity contribution in [3.05, 3.63) is 22.4 Å². The predicted molar refractivity (Wildman–Crippen MR) is 85.0 cm³/mol. The molecule has 5 nitrogen and oxygen atoms in total. The van der Waals surface area contributed by atoms with Crippen LogP contribution in [0.25, 0.3) is 0 Å². The fourth-order valence-electron chi connectivity index (χ4n) is 2.63. The Bertz CT molecular complexity index is 482. The summed E-state index contributed by atoms with van der Waals surface area (Å²) in [5.41, 5.74) is 0.731. The fraction of sp³-hybridized carbons (Fsp3) is 0.571. The molecule has 2 aliphatic heterocycles. The minimum atomic E-state index is -0.000723. The van der Waals surface area contributed by atoms with E-state index in [1.165, 1.54) is 11.3 Å². The average Bonchev–Trinajstić information content (AvgIpc) is 2.91. The maximum atomic E-state index is 12.1. The summed E-state index contributed by atoms with van der Waals surface area (Å²) in [6.07, 6.45) is 1.70. The highest BCUT2D eigenvalue weighted by Gasteiger charge is 2.31. The molecule has 2 fully saturated rings. The highest BCUT2D eigenvalue weighted by molar-refractivity contribution is 7.08. The monoisotopic (exact) mass is 329 g/mol. The number of thiophene rings is 1. The number of nitrogens with zero attached hydrogens (tertiary/aromatic N) is 1. The Morgan fingerprint density at radius 2 is 2.00 bits per heavy atom. The molecule has 0 bridgehead atoms. The Morgan fingerprint density at radius 1 is 1.29 bits per heavy atom. The smallest absolute Gasteiger partial charge is 0.252 e. The van der Waals surface area contributed by atoms with E-state index in [1.54, 1.807) is 0 Å². The zero-order valence-electron chi connectivity index (χ0n) is 11.7. The predicted octanol–water partition coefficient (Wildman–Crippen LogP) is 1.11. The van der Waals surface area contributed by atoms with E-state index < -0.39 is 0 Å². The van der Waals surface area contributed by atoms with E-state index in [9.17, 15) is 9.59 Å². The topological polar surface area (TPSA) is 61.4 Å². The van der Waals surface area contributed by atoms with Gasteiger partial charge in [0.25, 0.3) is 5.91 Å². The number of carbonyl (C=O) groups is 2. The Balaban J connectivity index is 0.00000161. The van der Waals surface area contributed by atoms with Crippen LogP contribution in [-0.4, -0.2) is 48.9 Å². The maximum absolute atomic E-state index is 12.1. The average molecular weight is 330 g/mol. The number of hydrogen-bond acceptors (Lipinski definition) is 4. The first-order chi connectivity index (χ1) is 9.74. The van der Waals surface area contributed by atoms with Gasteiger partial charge in [0.1, 0.15) is 0 Å². The zero-order valence-corrected chi connectivity index (χ0v) is 13.3. The second-order valence-electron chi connectivity index (χ2n) is 5.44. The Hall–Kier alpha value is -1.11. The van der Waals surface area contributed by atoms with Gasteiger partial charge >= 0.3 is 0 Å². The molecule has 0 atom stereocenters. The number of likely N-dealkylation sites (tertiary alicyclic amines) is 1. The van der Waals surface area contributed by atoms with Gasteiger partial charge in [-0.15, -0.1) is 12.4 Å². The lowest BCUT2D eigenvalue weighted by Gasteiger charge is -2.37. The van der Waals surface area contributed by atoms with E-state index in [0.29, 0.717) is 0 Å². The largest absolute Gasteiger partial charge is 0.349 e. The molecule has 21 heavy (non-hydrogen) atoms.